The fraction of sp³-hybridized carbons (Fsp3) is 0.708. The molecule has 1 aromatic carbocycles. The highest BCUT2D eigenvalue weighted by molar-refractivity contribution is 5.75. The minimum atomic E-state index is -0.508. The van der Waals surface area contributed by atoms with Gasteiger partial charge in [-0.25, -0.2) is 4.79 Å². The lowest BCUT2D eigenvalue weighted by Crippen LogP contribution is -2.29. The number of carbonyl (C=O) groups is 1. The van der Waals surface area contributed by atoms with Crippen LogP contribution >= 0.6 is 0 Å². The molecule has 4 nitrogen and oxygen atoms in total. The fourth-order valence-electron chi connectivity index (χ4n) is 3.87. The van der Waals surface area contributed by atoms with Crippen LogP contribution in [0.5, 0.6) is 5.75 Å². The largest absolute Gasteiger partial charge is 0.479 e. The zero-order valence-corrected chi connectivity index (χ0v) is 18.0. The molecule has 1 heterocycles. The molecule has 0 bridgehead atoms. The highest BCUT2D eigenvalue weighted by Crippen LogP contribution is 2.24. The minimum Gasteiger partial charge on any atom is -0.479 e. The average Bonchev–Trinajstić information content (AvgIpc) is 2.75. The van der Waals surface area contributed by atoms with Crippen molar-refractivity contribution in [1.29, 1.82) is 0 Å². The van der Waals surface area contributed by atoms with Crippen molar-refractivity contribution in [3.05, 3.63) is 24.3 Å². The molecule has 0 radical (unpaired) electrons. The van der Waals surface area contributed by atoms with Crippen LogP contribution in [-0.2, 0) is 9.53 Å². The Labute approximate surface area is 171 Å². The highest BCUT2D eigenvalue weighted by Gasteiger charge is 2.21. The molecule has 0 aromatic heterocycles. The number of ether oxygens (including phenoxy) is 2. The minimum absolute atomic E-state index is 0.275. The maximum atomic E-state index is 12.1. The van der Waals surface area contributed by atoms with Gasteiger partial charge in [-0.15, -0.1) is 0 Å². The van der Waals surface area contributed by atoms with Crippen molar-refractivity contribution in [2.75, 3.05) is 25.1 Å². The summed E-state index contributed by atoms with van der Waals surface area (Å²) in [4.78, 5) is 14.5. The van der Waals surface area contributed by atoms with E-state index in [2.05, 4.69) is 24.0 Å². The Balaban J connectivity index is 1.75. The number of unbranched alkanes of at least 4 members (excludes halogenated alkanes) is 7. The fourth-order valence-corrected chi connectivity index (χ4v) is 3.87. The number of rotatable bonds is 13. The van der Waals surface area contributed by atoms with Crippen LogP contribution in [0, 0.1) is 0 Å². The normalized spacial score (nSPS) is 15.3. The van der Waals surface area contributed by atoms with E-state index in [0.717, 1.165) is 38.1 Å². The summed E-state index contributed by atoms with van der Waals surface area (Å²) in [6.45, 7) is 4.50. The molecule has 1 saturated heterocycles. The zero-order valence-electron chi connectivity index (χ0n) is 18.0. The van der Waals surface area contributed by atoms with Crippen molar-refractivity contribution in [3.8, 4) is 5.75 Å². The molecule has 2 rings (SSSR count). The van der Waals surface area contributed by atoms with Gasteiger partial charge in [0.2, 0.25) is 0 Å². The second-order valence-electron chi connectivity index (χ2n) is 7.93. The summed E-state index contributed by atoms with van der Waals surface area (Å²) in [5.41, 5.74) is 1.24. The molecule has 1 fully saturated rings. The number of hydrogen-bond acceptors (Lipinski definition) is 4. The van der Waals surface area contributed by atoms with E-state index in [-0.39, 0.29) is 5.97 Å². The smallest absolute Gasteiger partial charge is 0.347 e. The first-order valence-corrected chi connectivity index (χ1v) is 11.3. The molecule has 0 aliphatic carbocycles. The quantitative estimate of drug-likeness (QED) is 0.300. The third kappa shape index (κ3) is 8.12. The van der Waals surface area contributed by atoms with Crippen LogP contribution in [0.4, 0.5) is 5.69 Å². The monoisotopic (exact) mass is 389 g/mol. The van der Waals surface area contributed by atoms with Gasteiger partial charge in [0.1, 0.15) is 5.75 Å². The first-order chi connectivity index (χ1) is 13.7. The van der Waals surface area contributed by atoms with Gasteiger partial charge in [-0.2, -0.15) is 0 Å². The van der Waals surface area contributed by atoms with E-state index < -0.39 is 6.10 Å². The summed E-state index contributed by atoms with van der Waals surface area (Å²) >= 11 is 0. The van der Waals surface area contributed by atoms with Gasteiger partial charge in [0.05, 0.1) is 7.11 Å². The van der Waals surface area contributed by atoms with Gasteiger partial charge in [-0.1, -0.05) is 51.9 Å². The van der Waals surface area contributed by atoms with Crippen LogP contribution in [0.3, 0.4) is 0 Å². The molecule has 28 heavy (non-hydrogen) atoms. The standard InChI is InChI=1S/C24H39NO3/c1-3-4-5-6-7-8-9-11-14-23(24(26)27-2)28-22-17-15-21(16-18-22)25-19-12-10-13-20-25/h15-18,23H,3-14,19-20H2,1-2H3. The zero-order chi connectivity index (χ0) is 20.0. The van der Waals surface area contributed by atoms with E-state index in [9.17, 15) is 4.79 Å². The number of hydrogen-bond donors (Lipinski definition) is 0. The molecule has 1 unspecified atom stereocenters. The van der Waals surface area contributed by atoms with Crippen LogP contribution in [0.25, 0.3) is 0 Å². The molecule has 1 aliphatic rings. The number of anilines is 1. The second kappa shape index (κ2) is 13.5. The molecule has 0 amide bonds. The first-order valence-electron chi connectivity index (χ1n) is 11.3. The van der Waals surface area contributed by atoms with Crippen molar-refractivity contribution < 1.29 is 14.3 Å². The van der Waals surface area contributed by atoms with E-state index >= 15 is 0 Å². The summed E-state index contributed by atoms with van der Waals surface area (Å²) in [5, 5.41) is 0. The van der Waals surface area contributed by atoms with Gasteiger partial charge >= 0.3 is 5.97 Å². The van der Waals surface area contributed by atoms with Gasteiger partial charge in [0, 0.05) is 18.8 Å². The lowest BCUT2D eigenvalue weighted by atomic mass is 10.1. The van der Waals surface area contributed by atoms with E-state index in [4.69, 9.17) is 9.47 Å². The number of nitrogens with zero attached hydrogens (tertiary/aromatic N) is 1. The van der Waals surface area contributed by atoms with E-state index in [1.807, 2.05) is 12.1 Å². The van der Waals surface area contributed by atoms with E-state index in [1.165, 1.54) is 70.6 Å². The summed E-state index contributed by atoms with van der Waals surface area (Å²) in [7, 11) is 1.44. The molecular weight excluding hydrogens is 350 g/mol. The van der Waals surface area contributed by atoms with Crippen molar-refractivity contribution in [2.45, 2.75) is 90.1 Å². The predicted octanol–water partition coefficient (Wildman–Crippen LogP) is 6.13. The highest BCUT2D eigenvalue weighted by atomic mass is 16.6. The molecule has 1 atom stereocenters. The Bertz CT molecular complexity index is 537. The summed E-state index contributed by atoms with van der Waals surface area (Å²) in [5.74, 6) is 0.471. The van der Waals surface area contributed by atoms with Crippen molar-refractivity contribution in [1.82, 2.24) is 0 Å². The Morgan fingerprint density at radius 1 is 0.929 bits per heavy atom. The Hall–Kier alpha value is -1.71. The second-order valence-corrected chi connectivity index (χ2v) is 7.93. The number of methoxy groups -OCH3 is 1. The van der Waals surface area contributed by atoms with Crippen molar-refractivity contribution in [3.63, 3.8) is 0 Å². The lowest BCUT2D eigenvalue weighted by molar-refractivity contribution is -0.149. The molecule has 0 saturated carbocycles. The number of esters is 1. The topological polar surface area (TPSA) is 38.8 Å². The molecular formula is C24H39NO3. The maximum absolute atomic E-state index is 12.1. The molecule has 1 aromatic rings. The Kier molecular flexibility index (Phi) is 10.9. The number of carbonyl (C=O) groups excluding carboxylic acids is 1. The van der Waals surface area contributed by atoms with Gasteiger partial charge in [-0.3, -0.25) is 0 Å². The van der Waals surface area contributed by atoms with Crippen LogP contribution in [-0.4, -0.2) is 32.3 Å². The van der Waals surface area contributed by atoms with Crippen LogP contribution in [0.15, 0.2) is 24.3 Å². The number of benzene rings is 1. The molecule has 0 spiro atoms. The van der Waals surface area contributed by atoms with Gasteiger partial charge in [0.15, 0.2) is 6.10 Å². The SMILES string of the molecule is CCCCCCCCCCC(Oc1ccc(N2CCCCC2)cc1)C(=O)OC. The van der Waals surface area contributed by atoms with Crippen LogP contribution in [0.2, 0.25) is 0 Å². The van der Waals surface area contributed by atoms with Gasteiger partial charge in [-0.05, 0) is 56.4 Å². The van der Waals surface area contributed by atoms with E-state index in [0.29, 0.717) is 0 Å². The average molecular weight is 390 g/mol. The Morgan fingerprint density at radius 2 is 1.54 bits per heavy atom. The molecule has 158 valence electrons. The lowest BCUT2D eigenvalue weighted by Gasteiger charge is -2.29. The molecule has 0 N–H and O–H groups in total. The molecule has 4 heteroatoms. The third-order valence-corrected chi connectivity index (χ3v) is 5.62. The summed E-state index contributed by atoms with van der Waals surface area (Å²) < 4.78 is 10.9. The van der Waals surface area contributed by atoms with Gasteiger partial charge in [0.25, 0.3) is 0 Å². The summed E-state index contributed by atoms with van der Waals surface area (Å²) in [6, 6.07) is 8.16. The third-order valence-electron chi connectivity index (χ3n) is 5.62. The van der Waals surface area contributed by atoms with Crippen molar-refractivity contribution >= 4 is 11.7 Å². The number of piperidine rings is 1. The summed E-state index contributed by atoms with van der Waals surface area (Å²) in [6.07, 6.45) is 14.1. The predicted molar refractivity (Wildman–Crippen MR) is 116 cm³/mol. The van der Waals surface area contributed by atoms with E-state index in [1.54, 1.807) is 0 Å². The van der Waals surface area contributed by atoms with Crippen LogP contribution < -0.4 is 9.64 Å². The first kappa shape index (κ1) is 22.6. The molecule has 1 aliphatic heterocycles. The maximum Gasteiger partial charge on any atom is 0.347 e. The Morgan fingerprint density at radius 3 is 2.14 bits per heavy atom. The van der Waals surface area contributed by atoms with Crippen molar-refractivity contribution in [2.24, 2.45) is 0 Å². The van der Waals surface area contributed by atoms with Gasteiger partial charge < -0.3 is 14.4 Å². The van der Waals surface area contributed by atoms with Crippen LogP contribution in [0.1, 0.15) is 84.0 Å².